The average Bonchev–Trinajstić information content (AvgIpc) is 2.67. The van der Waals surface area contributed by atoms with Crippen LogP contribution < -0.4 is 10.1 Å². The quantitative estimate of drug-likeness (QED) is 0.421. The molecule has 0 bridgehead atoms. The van der Waals surface area contributed by atoms with Crippen molar-refractivity contribution in [1.82, 2.24) is 10.3 Å². The highest BCUT2D eigenvalue weighted by atomic mass is 35.5. The van der Waals surface area contributed by atoms with Crippen LogP contribution in [0.1, 0.15) is 83.5 Å². The average molecular weight is 463 g/mol. The van der Waals surface area contributed by atoms with Gasteiger partial charge in [0.2, 0.25) is 0 Å². The molecule has 2 N–H and O–H groups in total. The van der Waals surface area contributed by atoms with E-state index < -0.39 is 23.8 Å². The van der Waals surface area contributed by atoms with Crippen LogP contribution >= 0.6 is 11.6 Å². The Balaban J connectivity index is 2.04. The van der Waals surface area contributed by atoms with Gasteiger partial charge in [0.15, 0.2) is 0 Å². The molecule has 1 amide bonds. The summed E-state index contributed by atoms with van der Waals surface area (Å²) in [6.07, 6.45) is 1.33. The van der Waals surface area contributed by atoms with Crippen molar-refractivity contribution >= 4 is 28.6 Å². The van der Waals surface area contributed by atoms with Gasteiger partial charge in [-0.1, -0.05) is 52.1 Å². The largest absolute Gasteiger partial charge is 0.485 e. The molecule has 0 spiro atoms. The fraction of sp³-hybridized carbons (Fsp3) is 0.600. The number of halogens is 1. The standard InChI is InChI=1S/C25H35ClN2O4/c1-8-9-10-11-31-23(30)28-20-16-12-17-15(13-18(16)32-25(6,7)21(20)29)14(2)19(22(26)27-17)24(3,4)5/h12-13,20-21,29H,8-11H2,1-7H3,(H,28,30)/t20-,21+/m0/s1. The summed E-state index contributed by atoms with van der Waals surface area (Å²) in [7, 11) is 0. The molecule has 2 heterocycles. The Kier molecular flexibility index (Phi) is 6.97. The molecule has 6 nitrogen and oxygen atoms in total. The van der Waals surface area contributed by atoms with Crippen LogP contribution in [-0.4, -0.2) is 34.5 Å². The lowest BCUT2D eigenvalue weighted by Crippen LogP contribution is -2.53. The van der Waals surface area contributed by atoms with E-state index in [4.69, 9.17) is 21.1 Å². The molecule has 0 saturated carbocycles. The Bertz CT molecular complexity index is 1010. The summed E-state index contributed by atoms with van der Waals surface area (Å²) in [5.74, 6) is 0.608. The fourth-order valence-corrected chi connectivity index (χ4v) is 4.91. The van der Waals surface area contributed by atoms with E-state index >= 15 is 0 Å². The van der Waals surface area contributed by atoms with Crippen molar-refractivity contribution in [2.45, 2.75) is 90.9 Å². The van der Waals surface area contributed by atoms with E-state index in [9.17, 15) is 9.90 Å². The number of ether oxygens (including phenoxy) is 2. The number of benzene rings is 1. The molecule has 0 unspecified atom stereocenters. The number of alkyl carbamates (subject to hydrolysis) is 1. The monoisotopic (exact) mass is 462 g/mol. The Morgan fingerprint density at radius 1 is 1.31 bits per heavy atom. The molecule has 2 atom stereocenters. The highest BCUT2D eigenvalue weighted by Gasteiger charge is 2.44. The van der Waals surface area contributed by atoms with Crippen LogP contribution in [0.3, 0.4) is 0 Å². The molecular formula is C25H35ClN2O4. The number of amides is 1. The van der Waals surface area contributed by atoms with Crippen molar-refractivity contribution in [3.63, 3.8) is 0 Å². The number of aliphatic hydroxyl groups is 1. The van der Waals surface area contributed by atoms with Gasteiger partial charge in [-0.05, 0) is 55.9 Å². The number of aliphatic hydroxyl groups excluding tert-OH is 1. The number of nitrogens with one attached hydrogen (secondary N) is 1. The van der Waals surface area contributed by atoms with Gasteiger partial charge in [-0.3, -0.25) is 0 Å². The highest BCUT2D eigenvalue weighted by Crippen LogP contribution is 2.44. The normalized spacial score (nSPS) is 19.9. The van der Waals surface area contributed by atoms with E-state index in [0.717, 1.165) is 35.8 Å². The zero-order valence-corrected chi connectivity index (χ0v) is 20.9. The topological polar surface area (TPSA) is 80.7 Å². The molecule has 2 aromatic rings. The zero-order valence-electron chi connectivity index (χ0n) is 20.1. The number of fused-ring (bicyclic) bond motifs is 2. The summed E-state index contributed by atoms with van der Waals surface area (Å²) in [6.45, 7) is 14.4. The lowest BCUT2D eigenvalue weighted by Gasteiger charge is -2.42. The third-order valence-corrected chi connectivity index (χ3v) is 6.35. The van der Waals surface area contributed by atoms with Crippen molar-refractivity contribution in [2.75, 3.05) is 6.61 Å². The lowest BCUT2D eigenvalue weighted by molar-refractivity contribution is -0.0635. The Hall–Kier alpha value is -2.05. The number of carbonyl (C=O) groups is 1. The first-order chi connectivity index (χ1) is 14.9. The molecule has 1 aliphatic heterocycles. The minimum atomic E-state index is -0.971. The van der Waals surface area contributed by atoms with Gasteiger partial charge in [-0.2, -0.15) is 0 Å². The van der Waals surface area contributed by atoms with Gasteiger partial charge in [-0.15, -0.1) is 0 Å². The number of nitrogens with zero attached hydrogens (tertiary/aromatic N) is 1. The van der Waals surface area contributed by atoms with E-state index in [1.54, 1.807) is 13.8 Å². The molecular weight excluding hydrogens is 428 g/mol. The maximum atomic E-state index is 12.4. The van der Waals surface area contributed by atoms with Crippen LogP contribution in [0.2, 0.25) is 5.15 Å². The summed E-state index contributed by atoms with van der Waals surface area (Å²) in [4.78, 5) is 17.1. The fourth-order valence-electron chi connectivity index (χ4n) is 4.39. The smallest absolute Gasteiger partial charge is 0.407 e. The maximum Gasteiger partial charge on any atom is 0.407 e. The van der Waals surface area contributed by atoms with Gasteiger partial charge in [0.25, 0.3) is 0 Å². The Morgan fingerprint density at radius 2 is 2.00 bits per heavy atom. The number of hydrogen-bond acceptors (Lipinski definition) is 5. The predicted molar refractivity (Wildman–Crippen MR) is 128 cm³/mol. The molecule has 32 heavy (non-hydrogen) atoms. The number of rotatable bonds is 5. The minimum absolute atomic E-state index is 0.166. The molecule has 1 aliphatic rings. The van der Waals surface area contributed by atoms with E-state index in [1.165, 1.54) is 0 Å². The van der Waals surface area contributed by atoms with Crippen LogP contribution in [0.15, 0.2) is 12.1 Å². The molecule has 0 fully saturated rings. The van der Waals surface area contributed by atoms with Gasteiger partial charge in [-0.25, -0.2) is 9.78 Å². The van der Waals surface area contributed by atoms with Gasteiger partial charge in [0, 0.05) is 10.9 Å². The highest BCUT2D eigenvalue weighted by molar-refractivity contribution is 6.31. The summed E-state index contributed by atoms with van der Waals surface area (Å²) >= 11 is 6.57. The van der Waals surface area contributed by atoms with Gasteiger partial charge < -0.3 is 19.9 Å². The molecule has 7 heteroatoms. The minimum Gasteiger partial charge on any atom is -0.485 e. The number of hydrogen-bond donors (Lipinski definition) is 2. The third-order valence-electron chi connectivity index (χ3n) is 6.07. The van der Waals surface area contributed by atoms with Gasteiger partial charge >= 0.3 is 6.09 Å². The SMILES string of the molecule is CCCCCOC(=O)N[C@H]1c2cc3nc(Cl)c(C(C)(C)C)c(C)c3cc2OC(C)(C)[C@@H]1O. The van der Waals surface area contributed by atoms with Crippen molar-refractivity contribution < 1.29 is 19.4 Å². The van der Waals surface area contributed by atoms with E-state index in [-0.39, 0.29) is 5.41 Å². The first-order valence-electron chi connectivity index (χ1n) is 11.3. The number of pyridine rings is 1. The van der Waals surface area contributed by atoms with Crippen LogP contribution in [0.5, 0.6) is 5.75 Å². The van der Waals surface area contributed by atoms with Gasteiger partial charge in [0.05, 0.1) is 18.2 Å². The molecule has 176 valence electrons. The number of unbranched alkanes of at least 4 members (excludes halogenated alkanes) is 2. The predicted octanol–water partition coefficient (Wildman–Crippen LogP) is 5.98. The maximum absolute atomic E-state index is 12.4. The second kappa shape index (κ2) is 9.06. The van der Waals surface area contributed by atoms with E-state index in [0.29, 0.717) is 28.6 Å². The first-order valence-corrected chi connectivity index (χ1v) is 11.7. The molecule has 0 radical (unpaired) electrons. The summed E-state index contributed by atoms with van der Waals surface area (Å²) in [6, 6.07) is 3.09. The van der Waals surface area contributed by atoms with Crippen LogP contribution in [0, 0.1) is 6.92 Å². The Morgan fingerprint density at radius 3 is 2.62 bits per heavy atom. The third kappa shape index (κ3) is 4.81. The number of aromatic nitrogens is 1. The first kappa shape index (κ1) is 24.6. The zero-order chi connectivity index (χ0) is 23.8. The van der Waals surface area contributed by atoms with Crippen molar-refractivity contribution in [2.24, 2.45) is 0 Å². The van der Waals surface area contributed by atoms with Crippen LogP contribution in [-0.2, 0) is 10.2 Å². The number of carbonyl (C=O) groups excluding carboxylic acids is 1. The lowest BCUT2D eigenvalue weighted by atomic mass is 9.82. The molecule has 1 aromatic heterocycles. The van der Waals surface area contributed by atoms with Crippen molar-refractivity contribution in [3.8, 4) is 5.75 Å². The van der Waals surface area contributed by atoms with E-state index in [1.807, 2.05) is 19.1 Å². The number of aryl methyl sites for hydroxylation is 1. The summed E-state index contributed by atoms with van der Waals surface area (Å²) < 4.78 is 11.5. The van der Waals surface area contributed by atoms with Crippen LogP contribution in [0.25, 0.3) is 10.9 Å². The Labute approximate surface area is 195 Å². The van der Waals surface area contributed by atoms with E-state index in [2.05, 4.69) is 38.0 Å². The second-order valence-electron chi connectivity index (χ2n) is 10.2. The molecule has 0 saturated heterocycles. The summed E-state index contributed by atoms with van der Waals surface area (Å²) in [5, 5.41) is 15.2. The molecule has 1 aromatic carbocycles. The second-order valence-corrected chi connectivity index (χ2v) is 10.5. The molecule has 3 rings (SSSR count). The molecule has 0 aliphatic carbocycles. The van der Waals surface area contributed by atoms with Gasteiger partial charge in [0.1, 0.15) is 22.6 Å². The summed E-state index contributed by atoms with van der Waals surface area (Å²) in [5.41, 5.74) is 2.32. The van der Waals surface area contributed by atoms with Crippen LogP contribution in [0.4, 0.5) is 4.79 Å². The van der Waals surface area contributed by atoms with Crippen molar-refractivity contribution in [3.05, 3.63) is 34.0 Å². The van der Waals surface area contributed by atoms with Crippen molar-refractivity contribution in [1.29, 1.82) is 0 Å².